The van der Waals surface area contributed by atoms with Crippen LogP contribution < -0.4 is 5.32 Å². The summed E-state index contributed by atoms with van der Waals surface area (Å²) in [5.41, 5.74) is 1.12. The first kappa shape index (κ1) is 14.1. The van der Waals surface area contributed by atoms with E-state index in [0.717, 1.165) is 25.2 Å². The summed E-state index contributed by atoms with van der Waals surface area (Å²) < 4.78 is 0. The highest BCUT2D eigenvalue weighted by Crippen LogP contribution is 2.28. The molecule has 100 valence electrons. The fourth-order valence-electron chi connectivity index (χ4n) is 2.52. The first-order valence-corrected chi connectivity index (χ1v) is 7.24. The average Bonchev–Trinajstić information content (AvgIpc) is 2.84. The fraction of sp³-hybridized carbons (Fsp3) is 0.571. The SMILES string of the molecule is CC(C)N(Cc1cccc(Cl)c1Cl)[C@H]1CCNC1. The zero-order valence-electron chi connectivity index (χ0n) is 10.9. The highest BCUT2D eigenvalue weighted by molar-refractivity contribution is 6.42. The van der Waals surface area contributed by atoms with Crippen LogP contribution in [0.25, 0.3) is 0 Å². The second-order valence-electron chi connectivity index (χ2n) is 5.13. The predicted octanol–water partition coefficient (Wildman–Crippen LogP) is 3.57. The van der Waals surface area contributed by atoms with Gasteiger partial charge in [0.1, 0.15) is 0 Å². The zero-order chi connectivity index (χ0) is 13.1. The quantitative estimate of drug-likeness (QED) is 0.910. The number of benzene rings is 1. The predicted molar refractivity (Wildman–Crippen MR) is 78.4 cm³/mol. The first-order valence-electron chi connectivity index (χ1n) is 6.49. The number of rotatable bonds is 4. The molecule has 1 fully saturated rings. The van der Waals surface area contributed by atoms with Crippen LogP contribution in [0.15, 0.2) is 18.2 Å². The highest BCUT2D eigenvalue weighted by Gasteiger charge is 2.25. The topological polar surface area (TPSA) is 15.3 Å². The van der Waals surface area contributed by atoms with Gasteiger partial charge in [0.25, 0.3) is 0 Å². The molecule has 0 aromatic heterocycles. The third-order valence-electron chi connectivity index (χ3n) is 3.55. The van der Waals surface area contributed by atoms with Gasteiger partial charge in [-0.2, -0.15) is 0 Å². The summed E-state index contributed by atoms with van der Waals surface area (Å²) >= 11 is 12.3. The molecule has 0 amide bonds. The molecule has 4 heteroatoms. The standard InChI is InChI=1S/C14H20Cl2N2/c1-10(2)18(12-6-7-17-8-12)9-11-4-3-5-13(15)14(11)16/h3-5,10,12,17H,6-9H2,1-2H3/t12-/m0/s1. The number of hydrogen-bond acceptors (Lipinski definition) is 2. The monoisotopic (exact) mass is 286 g/mol. The van der Waals surface area contributed by atoms with E-state index in [4.69, 9.17) is 23.2 Å². The summed E-state index contributed by atoms with van der Waals surface area (Å²) in [7, 11) is 0. The Morgan fingerprint density at radius 2 is 2.17 bits per heavy atom. The van der Waals surface area contributed by atoms with Gasteiger partial charge in [0.15, 0.2) is 0 Å². The Labute approximate surface area is 119 Å². The smallest absolute Gasteiger partial charge is 0.0637 e. The van der Waals surface area contributed by atoms with Crippen LogP contribution in [0.2, 0.25) is 10.0 Å². The second kappa shape index (κ2) is 6.25. The van der Waals surface area contributed by atoms with Crippen molar-refractivity contribution in [3.05, 3.63) is 33.8 Å². The van der Waals surface area contributed by atoms with Crippen molar-refractivity contribution in [1.82, 2.24) is 10.2 Å². The van der Waals surface area contributed by atoms with Gasteiger partial charge in [-0.25, -0.2) is 0 Å². The maximum atomic E-state index is 6.27. The van der Waals surface area contributed by atoms with E-state index in [1.165, 1.54) is 6.42 Å². The third kappa shape index (κ3) is 3.18. The van der Waals surface area contributed by atoms with Crippen molar-refractivity contribution >= 4 is 23.2 Å². The molecule has 2 rings (SSSR count). The van der Waals surface area contributed by atoms with Crippen LogP contribution in [0.1, 0.15) is 25.8 Å². The van der Waals surface area contributed by atoms with Crippen molar-refractivity contribution in [3.8, 4) is 0 Å². The summed E-state index contributed by atoms with van der Waals surface area (Å²) in [4.78, 5) is 2.50. The Balaban J connectivity index is 2.15. The van der Waals surface area contributed by atoms with E-state index in [9.17, 15) is 0 Å². The van der Waals surface area contributed by atoms with Gasteiger partial charge in [-0.3, -0.25) is 4.90 Å². The Hall–Kier alpha value is -0.280. The van der Waals surface area contributed by atoms with Crippen LogP contribution >= 0.6 is 23.2 Å². The molecule has 0 saturated carbocycles. The molecule has 2 nitrogen and oxygen atoms in total. The molecular weight excluding hydrogens is 267 g/mol. The summed E-state index contributed by atoms with van der Waals surface area (Å²) in [5.74, 6) is 0. The van der Waals surface area contributed by atoms with Crippen molar-refractivity contribution in [1.29, 1.82) is 0 Å². The Kier molecular flexibility index (Phi) is 4.91. The molecule has 1 N–H and O–H groups in total. The van der Waals surface area contributed by atoms with Crippen LogP contribution in [-0.2, 0) is 6.54 Å². The van der Waals surface area contributed by atoms with E-state index in [1.807, 2.05) is 12.1 Å². The van der Waals surface area contributed by atoms with Crippen LogP contribution in [0.3, 0.4) is 0 Å². The largest absolute Gasteiger partial charge is 0.315 e. The van der Waals surface area contributed by atoms with Gasteiger partial charge in [-0.05, 0) is 38.4 Å². The van der Waals surface area contributed by atoms with Crippen molar-refractivity contribution in [2.24, 2.45) is 0 Å². The molecule has 0 aliphatic carbocycles. The molecule has 18 heavy (non-hydrogen) atoms. The zero-order valence-corrected chi connectivity index (χ0v) is 12.4. The number of halogens is 2. The summed E-state index contributed by atoms with van der Waals surface area (Å²) in [6.45, 7) is 7.50. The van der Waals surface area contributed by atoms with Crippen LogP contribution in [0, 0.1) is 0 Å². The first-order chi connectivity index (χ1) is 8.59. The minimum absolute atomic E-state index is 0.505. The summed E-state index contributed by atoms with van der Waals surface area (Å²) in [5, 5.41) is 4.75. The minimum Gasteiger partial charge on any atom is -0.315 e. The molecular formula is C14H20Cl2N2. The molecule has 1 heterocycles. The third-order valence-corrected chi connectivity index (χ3v) is 4.41. The van der Waals surface area contributed by atoms with Gasteiger partial charge in [0, 0.05) is 25.2 Å². The lowest BCUT2D eigenvalue weighted by Gasteiger charge is -2.32. The molecule has 1 atom stereocenters. The lowest BCUT2D eigenvalue weighted by atomic mass is 10.1. The van der Waals surface area contributed by atoms with Crippen LogP contribution in [0.5, 0.6) is 0 Å². The van der Waals surface area contributed by atoms with Gasteiger partial charge in [-0.15, -0.1) is 0 Å². The second-order valence-corrected chi connectivity index (χ2v) is 5.91. The lowest BCUT2D eigenvalue weighted by Crippen LogP contribution is -2.41. The Morgan fingerprint density at radius 3 is 2.78 bits per heavy atom. The van der Waals surface area contributed by atoms with Crippen LogP contribution in [-0.4, -0.2) is 30.1 Å². The molecule has 1 saturated heterocycles. The number of hydrogen-bond donors (Lipinski definition) is 1. The van der Waals surface area contributed by atoms with E-state index in [1.54, 1.807) is 0 Å². The van der Waals surface area contributed by atoms with Crippen molar-refractivity contribution in [2.75, 3.05) is 13.1 Å². The lowest BCUT2D eigenvalue weighted by molar-refractivity contribution is 0.154. The minimum atomic E-state index is 0.505. The van der Waals surface area contributed by atoms with Crippen LogP contribution in [0.4, 0.5) is 0 Å². The van der Waals surface area contributed by atoms with Gasteiger partial charge in [0.05, 0.1) is 10.0 Å². The maximum Gasteiger partial charge on any atom is 0.0637 e. The summed E-state index contributed by atoms with van der Waals surface area (Å²) in [6.07, 6.45) is 1.20. The molecule has 0 unspecified atom stereocenters. The van der Waals surface area contributed by atoms with Crippen molar-refractivity contribution in [2.45, 2.75) is 38.9 Å². The van der Waals surface area contributed by atoms with E-state index in [0.29, 0.717) is 22.1 Å². The van der Waals surface area contributed by atoms with E-state index >= 15 is 0 Å². The van der Waals surface area contributed by atoms with Gasteiger partial charge < -0.3 is 5.32 Å². The van der Waals surface area contributed by atoms with Gasteiger partial charge >= 0.3 is 0 Å². The Morgan fingerprint density at radius 1 is 1.39 bits per heavy atom. The Bertz CT molecular complexity index is 401. The van der Waals surface area contributed by atoms with E-state index in [-0.39, 0.29) is 0 Å². The molecule has 1 aliphatic heterocycles. The maximum absolute atomic E-state index is 6.27. The molecule has 1 aliphatic rings. The van der Waals surface area contributed by atoms with Gasteiger partial charge in [-0.1, -0.05) is 35.3 Å². The molecule has 0 bridgehead atoms. The van der Waals surface area contributed by atoms with Crippen molar-refractivity contribution in [3.63, 3.8) is 0 Å². The number of nitrogens with zero attached hydrogens (tertiary/aromatic N) is 1. The highest BCUT2D eigenvalue weighted by atomic mass is 35.5. The number of nitrogens with one attached hydrogen (secondary N) is 1. The molecule has 1 aromatic rings. The summed E-state index contributed by atoms with van der Waals surface area (Å²) in [6, 6.07) is 6.97. The fourth-order valence-corrected chi connectivity index (χ4v) is 2.90. The molecule has 0 spiro atoms. The van der Waals surface area contributed by atoms with E-state index < -0.39 is 0 Å². The normalized spacial score (nSPS) is 20.0. The molecule has 0 radical (unpaired) electrons. The van der Waals surface area contributed by atoms with E-state index in [2.05, 4.69) is 30.1 Å². The van der Waals surface area contributed by atoms with Crippen molar-refractivity contribution < 1.29 is 0 Å². The van der Waals surface area contributed by atoms with Gasteiger partial charge in [0.2, 0.25) is 0 Å². The average molecular weight is 287 g/mol. The molecule has 1 aromatic carbocycles.